The second-order valence-electron chi connectivity index (χ2n) is 4.85. The Balaban J connectivity index is 1.73. The van der Waals surface area contributed by atoms with Crippen molar-refractivity contribution in [3.05, 3.63) is 75.6 Å². The van der Waals surface area contributed by atoms with E-state index < -0.39 is 0 Å². The Hall–Kier alpha value is -2.70. The number of para-hydroxylation sites is 1. The van der Waals surface area contributed by atoms with Crippen molar-refractivity contribution in [2.75, 3.05) is 5.32 Å². The van der Waals surface area contributed by atoms with Crippen LogP contribution in [0, 0.1) is 0 Å². The molecule has 24 heavy (non-hydrogen) atoms. The van der Waals surface area contributed by atoms with Gasteiger partial charge < -0.3 is 9.73 Å². The number of nitrogens with zero attached hydrogens (tertiary/aromatic N) is 1. The van der Waals surface area contributed by atoms with E-state index in [1.807, 2.05) is 30.3 Å². The fourth-order valence-corrected chi connectivity index (χ4v) is 2.39. The van der Waals surface area contributed by atoms with Gasteiger partial charge in [0, 0.05) is 10.7 Å². The van der Waals surface area contributed by atoms with Gasteiger partial charge in [0.05, 0.1) is 17.2 Å². The molecule has 0 unspecified atom stereocenters. The number of hydrazone groups is 1. The van der Waals surface area contributed by atoms with Crippen LogP contribution in [-0.2, 0) is 0 Å². The Bertz CT molecular complexity index is 970. The molecule has 0 saturated carbocycles. The third-order valence-electron chi connectivity index (χ3n) is 3.16. The molecule has 7 heteroatoms. The van der Waals surface area contributed by atoms with Crippen molar-refractivity contribution < 1.29 is 4.42 Å². The fourth-order valence-electron chi connectivity index (χ4n) is 2.05. The van der Waals surface area contributed by atoms with E-state index in [1.165, 1.54) is 12.5 Å². The topological polar surface area (TPSA) is 66.6 Å². The van der Waals surface area contributed by atoms with E-state index >= 15 is 0 Å². The van der Waals surface area contributed by atoms with Crippen molar-refractivity contribution in [1.29, 1.82) is 0 Å². The first kappa shape index (κ1) is 16.2. The highest BCUT2D eigenvalue weighted by Crippen LogP contribution is 2.16. The van der Waals surface area contributed by atoms with Gasteiger partial charge in [-0.3, -0.25) is 10.2 Å². The fraction of sp³-hybridized carbons (Fsp3) is 0. The lowest BCUT2D eigenvalue weighted by Gasteiger charge is -2.06. The Labute approximate surface area is 147 Å². The zero-order valence-electron chi connectivity index (χ0n) is 12.3. The van der Waals surface area contributed by atoms with Gasteiger partial charge in [-0.25, -0.2) is 0 Å². The summed E-state index contributed by atoms with van der Waals surface area (Å²) in [4.78, 5) is 12.4. The van der Waals surface area contributed by atoms with E-state index in [4.69, 9.17) is 28.2 Å². The highest BCUT2D eigenvalue weighted by molar-refractivity contribution is 7.80. The standard InChI is InChI=1S/C17H12ClN3O2S/c18-12-6-7-15-14(8-12)16(22)11(10-23-15)9-19-21-17(24)20-13-4-2-1-3-5-13/h1-10H,(H2,20,21,24)/b19-9+. The smallest absolute Gasteiger partial charge is 0.201 e. The van der Waals surface area contributed by atoms with Gasteiger partial charge in [-0.15, -0.1) is 0 Å². The number of anilines is 1. The molecule has 0 radical (unpaired) electrons. The molecular weight excluding hydrogens is 346 g/mol. The number of rotatable bonds is 3. The van der Waals surface area contributed by atoms with Crippen molar-refractivity contribution in [1.82, 2.24) is 5.43 Å². The molecule has 0 fully saturated rings. The number of benzene rings is 2. The zero-order chi connectivity index (χ0) is 16.9. The molecule has 3 rings (SSSR count). The molecule has 0 bridgehead atoms. The molecule has 0 atom stereocenters. The van der Waals surface area contributed by atoms with E-state index in [9.17, 15) is 4.79 Å². The molecule has 3 aromatic rings. The Kier molecular flexibility index (Phi) is 4.88. The average Bonchev–Trinajstić information content (AvgIpc) is 2.58. The number of thiocarbonyl (C=S) groups is 1. The van der Waals surface area contributed by atoms with E-state index in [1.54, 1.807) is 18.2 Å². The summed E-state index contributed by atoms with van der Waals surface area (Å²) in [6.45, 7) is 0. The maximum atomic E-state index is 12.4. The van der Waals surface area contributed by atoms with Crippen molar-refractivity contribution >= 4 is 51.8 Å². The molecule has 0 aliphatic carbocycles. The molecule has 120 valence electrons. The van der Waals surface area contributed by atoms with E-state index in [0.29, 0.717) is 26.7 Å². The molecule has 0 aliphatic heterocycles. The normalized spacial score (nSPS) is 10.9. The third kappa shape index (κ3) is 3.79. The molecule has 2 N–H and O–H groups in total. The summed E-state index contributed by atoms with van der Waals surface area (Å²) >= 11 is 11.0. The SMILES string of the molecule is O=c1c(/C=N/NC(=S)Nc2ccccc2)coc2ccc(Cl)cc12. The molecule has 0 spiro atoms. The van der Waals surface area contributed by atoms with E-state index in [0.717, 1.165) is 5.69 Å². The van der Waals surface area contributed by atoms with Gasteiger partial charge in [-0.1, -0.05) is 29.8 Å². The van der Waals surface area contributed by atoms with Gasteiger partial charge in [0.25, 0.3) is 0 Å². The molecule has 0 saturated heterocycles. The minimum atomic E-state index is -0.216. The highest BCUT2D eigenvalue weighted by Gasteiger charge is 2.06. The van der Waals surface area contributed by atoms with E-state index in [2.05, 4.69) is 15.8 Å². The van der Waals surface area contributed by atoms with Crippen LogP contribution >= 0.6 is 23.8 Å². The van der Waals surface area contributed by atoms with Gasteiger partial charge in [-0.2, -0.15) is 5.10 Å². The van der Waals surface area contributed by atoms with E-state index in [-0.39, 0.29) is 5.43 Å². The summed E-state index contributed by atoms with van der Waals surface area (Å²) < 4.78 is 5.41. The van der Waals surface area contributed by atoms with Crippen LogP contribution in [0.15, 0.2) is 69.1 Å². The minimum absolute atomic E-state index is 0.216. The summed E-state index contributed by atoms with van der Waals surface area (Å²) in [5.41, 5.74) is 4.03. The van der Waals surface area contributed by atoms with Crippen LogP contribution in [0.2, 0.25) is 5.02 Å². The maximum absolute atomic E-state index is 12.4. The molecule has 0 aliphatic rings. The predicted octanol–water partition coefficient (Wildman–Crippen LogP) is 3.77. The molecular formula is C17H12ClN3O2S. The second-order valence-corrected chi connectivity index (χ2v) is 5.70. The van der Waals surface area contributed by atoms with Crippen molar-refractivity contribution in [2.24, 2.45) is 5.10 Å². The van der Waals surface area contributed by atoms with Crippen molar-refractivity contribution in [2.45, 2.75) is 0 Å². The van der Waals surface area contributed by atoms with Crippen LogP contribution in [0.4, 0.5) is 5.69 Å². The Morgan fingerprint density at radius 2 is 2.00 bits per heavy atom. The second kappa shape index (κ2) is 7.25. The van der Waals surface area contributed by atoms with Gasteiger partial charge >= 0.3 is 0 Å². The minimum Gasteiger partial charge on any atom is -0.463 e. The summed E-state index contributed by atoms with van der Waals surface area (Å²) in [5.74, 6) is 0. The average molecular weight is 358 g/mol. The molecule has 1 aromatic heterocycles. The number of hydrogen-bond acceptors (Lipinski definition) is 4. The monoisotopic (exact) mass is 357 g/mol. The van der Waals surface area contributed by atoms with Crippen LogP contribution in [-0.4, -0.2) is 11.3 Å². The van der Waals surface area contributed by atoms with Crippen molar-refractivity contribution in [3.63, 3.8) is 0 Å². The molecule has 1 heterocycles. The van der Waals surface area contributed by atoms with Gasteiger partial charge in [0.15, 0.2) is 5.11 Å². The first-order valence-corrected chi connectivity index (χ1v) is 7.78. The highest BCUT2D eigenvalue weighted by atomic mass is 35.5. The van der Waals surface area contributed by atoms with Gasteiger partial charge in [0.1, 0.15) is 11.8 Å². The molecule has 0 amide bonds. The number of fused-ring (bicyclic) bond motifs is 1. The Morgan fingerprint density at radius 1 is 1.21 bits per heavy atom. The van der Waals surface area contributed by atoms with Crippen LogP contribution in [0.25, 0.3) is 11.0 Å². The van der Waals surface area contributed by atoms with Crippen LogP contribution in [0.5, 0.6) is 0 Å². The van der Waals surface area contributed by atoms with Crippen molar-refractivity contribution in [3.8, 4) is 0 Å². The lowest BCUT2D eigenvalue weighted by Crippen LogP contribution is -2.24. The number of nitrogens with one attached hydrogen (secondary N) is 2. The summed E-state index contributed by atoms with van der Waals surface area (Å²) in [6.07, 6.45) is 2.70. The summed E-state index contributed by atoms with van der Waals surface area (Å²) in [6, 6.07) is 14.3. The summed E-state index contributed by atoms with van der Waals surface area (Å²) in [5, 5.41) is 8.10. The quantitative estimate of drug-likeness (QED) is 0.424. The lowest BCUT2D eigenvalue weighted by molar-refractivity contribution is 0.601. The Morgan fingerprint density at radius 3 is 2.79 bits per heavy atom. The predicted molar refractivity (Wildman–Crippen MR) is 101 cm³/mol. The first-order chi connectivity index (χ1) is 11.6. The van der Waals surface area contributed by atoms with Crippen LogP contribution in [0.3, 0.4) is 0 Å². The van der Waals surface area contributed by atoms with Gasteiger partial charge in [0.2, 0.25) is 5.43 Å². The molecule has 2 aromatic carbocycles. The number of hydrogen-bond donors (Lipinski definition) is 2. The summed E-state index contributed by atoms with van der Waals surface area (Å²) in [7, 11) is 0. The van der Waals surface area contributed by atoms with Gasteiger partial charge in [-0.05, 0) is 42.5 Å². The molecule has 5 nitrogen and oxygen atoms in total. The third-order valence-corrected chi connectivity index (χ3v) is 3.59. The maximum Gasteiger partial charge on any atom is 0.201 e. The van der Waals surface area contributed by atoms with Crippen LogP contribution < -0.4 is 16.2 Å². The zero-order valence-corrected chi connectivity index (χ0v) is 13.9. The lowest BCUT2D eigenvalue weighted by atomic mass is 10.2. The van der Waals surface area contributed by atoms with Crippen LogP contribution in [0.1, 0.15) is 5.56 Å². The first-order valence-electron chi connectivity index (χ1n) is 6.99. The number of halogens is 1. The largest absolute Gasteiger partial charge is 0.463 e.